The number of piperazine rings is 1. The Morgan fingerprint density at radius 1 is 0.800 bits per heavy atom. The second-order valence-corrected chi connectivity index (χ2v) is 11.1. The number of hydrogen-bond donors (Lipinski definition) is 0. The fourth-order valence-corrected chi connectivity index (χ4v) is 5.72. The van der Waals surface area contributed by atoms with Gasteiger partial charge in [-0.2, -0.15) is 0 Å². The van der Waals surface area contributed by atoms with Gasteiger partial charge < -0.3 is 9.32 Å². The van der Waals surface area contributed by atoms with Crippen LogP contribution in [0.5, 0.6) is 0 Å². The predicted molar refractivity (Wildman–Crippen MR) is 162 cm³/mol. The molecule has 0 amide bonds. The maximum Gasteiger partial charge on any atom is 0.145 e. The van der Waals surface area contributed by atoms with E-state index in [9.17, 15) is 0 Å². The summed E-state index contributed by atoms with van der Waals surface area (Å²) >= 11 is 12.4. The zero-order chi connectivity index (χ0) is 27.5. The largest absolute Gasteiger partial charge is 0.467 e. The summed E-state index contributed by atoms with van der Waals surface area (Å²) in [4.78, 5) is 17.1. The van der Waals surface area contributed by atoms with Crippen LogP contribution in [0.1, 0.15) is 28.8 Å². The molecular weight excluding hydrogens is 541 g/mol. The average molecular weight is 573 g/mol. The molecule has 204 valence electrons. The molecule has 0 atom stereocenters. The highest BCUT2D eigenvalue weighted by molar-refractivity contribution is 6.30. The number of rotatable bonds is 8. The number of benzene rings is 3. The number of nitrogens with zero attached hydrogens (tertiary/aromatic N) is 5. The quantitative estimate of drug-likeness (QED) is 0.198. The number of furan rings is 1. The number of hydrogen-bond acceptors (Lipinski definition) is 6. The van der Waals surface area contributed by atoms with Crippen molar-refractivity contribution in [3.05, 3.63) is 124 Å². The highest BCUT2D eigenvalue weighted by atomic mass is 35.5. The van der Waals surface area contributed by atoms with E-state index >= 15 is 0 Å². The molecule has 2 aromatic heterocycles. The third-order valence-electron chi connectivity index (χ3n) is 7.47. The molecule has 1 aliphatic rings. The average Bonchev–Trinajstić information content (AvgIpc) is 3.49. The van der Waals surface area contributed by atoms with Gasteiger partial charge >= 0.3 is 0 Å². The van der Waals surface area contributed by atoms with E-state index in [1.165, 1.54) is 11.1 Å². The Hall–Kier alpha value is -3.42. The van der Waals surface area contributed by atoms with Gasteiger partial charge in [0.15, 0.2) is 0 Å². The zero-order valence-corrected chi connectivity index (χ0v) is 23.9. The Balaban J connectivity index is 1.20. The van der Waals surface area contributed by atoms with Crippen LogP contribution in [0.4, 0.5) is 5.82 Å². The van der Waals surface area contributed by atoms with Crippen LogP contribution in [0.15, 0.2) is 95.6 Å². The molecule has 0 saturated carbocycles. The number of halogens is 2. The smallest absolute Gasteiger partial charge is 0.145 e. The Morgan fingerprint density at radius 2 is 1.45 bits per heavy atom. The minimum Gasteiger partial charge on any atom is -0.467 e. The van der Waals surface area contributed by atoms with Crippen molar-refractivity contribution >= 4 is 39.9 Å². The number of para-hydroxylation sites is 1. The lowest BCUT2D eigenvalue weighted by molar-refractivity contribution is 0.103. The van der Waals surface area contributed by atoms with E-state index in [-0.39, 0.29) is 6.04 Å². The standard InChI is InChI=1S/C32H31Cl2N5O/c1-37(21-27-5-4-20-40-27)32-28-6-2-3-7-29(28)35-30(36-32)22-38-16-18-39(19-17-38)31(23-8-12-25(33)13-9-23)24-10-14-26(34)15-11-24/h2-15,20,31H,16-19,21-22H2,1H3. The van der Waals surface area contributed by atoms with Crippen molar-refractivity contribution < 1.29 is 4.42 Å². The van der Waals surface area contributed by atoms with E-state index in [2.05, 4.69) is 51.1 Å². The van der Waals surface area contributed by atoms with Crippen molar-refractivity contribution in [3.63, 3.8) is 0 Å². The maximum absolute atomic E-state index is 6.21. The van der Waals surface area contributed by atoms with Gasteiger partial charge in [-0.1, -0.05) is 59.6 Å². The fourth-order valence-electron chi connectivity index (χ4n) is 5.46. The second-order valence-electron chi connectivity index (χ2n) is 10.2. The van der Waals surface area contributed by atoms with Gasteiger partial charge in [0.2, 0.25) is 0 Å². The Labute approximate surface area is 244 Å². The van der Waals surface area contributed by atoms with E-state index in [0.29, 0.717) is 13.1 Å². The van der Waals surface area contributed by atoms with Crippen LogP contribution in [0.2, 0.25) is 10.0 Å². The van der Waals surface area contributed by atoms with E-state index in [4.69, 9.17) is 37.6 Å². The predicted octanol–water partition coefficient (Wildman–Crippen LogP) is 7.07. The highest BCUT2D eigenvalue weighted by Gasteiger charge is 2.27. The summed E-state index contributed by atoms with van der Waals surface area (Å²) < 4.78 is 5.58. The molecule has 1 fully saturated rings. The van der Waals surface area contributed by atoms with Crippen LogP contribution >= 0.6 is 23.2 Å². The molecule has 6 rings (SSSR count). The van der Waals surface area contributed by atoms with Gasteiger partial charge in [-0.3, -0.25) is 9.80 Å². The van der Waals surface area contributed by atoms with Gasteiger partial charge in [-0.25, -0.2) is 9.97 Å². The molecule has 6 nitrogen and oxygen atoms in total. The van der Waals surface area contributed by atoms with Crippen LogP contribution in [-0.4, -0.2) is 53.0 Å². The topological polar surface area (TPSA) is 48.6 Å². The summed E-state index contributed by atoms with van der Waals surface area (Å²) in [6.07, 6.45) is 1.71. The third-order valence-corrected chi connectivity index (χ3v) is 7.98. The van der Waals surface area contributed by atoms with Crippen LogP contribution < -0.4 is 4.90 Å². The van der Waals surface area contributed by atoms with Gasteiger partial charge in [-0.05, 0) is 59.7 Å². The minimum atomic E-state index is 0.135. The normalized spacial score (nSPS) is 14.7. The van der Waals surface area contributed by atoms with Crippen molar-refractivity contribution in [1.29, 1.82) is 0 Å². The Morgan fingerprint density at radius 3 is 2.08 bits per heavy atom. The van der Waals surface area contributed by atoms with E-state index in [1.807, 2.05) is 55.6 Å². The summed E-state index contributed by atoms with van der Waals surface area (Å²) in [7, 11) is 2.05. The van der Waals surface area contributed by atoms with E-state index in [1.54, 1.807) is 6.26 Å². The third kappa shape index (κ3) is 6.01. The maximum atomic E-state index is 6.21. The molecule has 1 saturated heterocycles. The molecule has 0 radical (unpaired) electrons. The summed E-state index contributed by atoms with van der Waals surface area (Å²) in [5.74, 6) is 2.65. The monoisotopic (exact) mass is 571 g/mol. The van der Waals surface area contributed by atoms with Crippen molar-refractivity contribution in [2.75, 3.05) is 38.1 Å². The lowest BCUT2D eigenvalue weighted by atomic mass is 9.96. The minimum absolute atomic E-state index is 0.135. The number of aromatic nitrogens is 2. The first kappa shape index (κ1) is 26.8. The molecule has 40 heavy (non-hydrogen) atoms. The molecule has 3 heterocycles. The fraction of sp³-hybridized carbons (Fsp3) is 0.250. The van der Waals surface area contributed by atoms with Crippen molar-refractivity contribution in [2.45, 2.75) is 19.1 Å². The summed E-state index contributed by atoms with van der Waals surface area (Å²) in [6.45, 7) is 5.04. The molecule has 8 heteroatoms. The molecule has 5 aromatic rings. The molecule has 0 N–H and O–H groups in total. The summed E-state index contributed by atoms with van der Waals surface area (Å²) in [5, 5.41) is 2.53. The Kier molecular flexibility index (Phi) is 8.03. The van der Waals surface area contributed by atoms with Gasteiger partial charge in [-0.15, -0.1) is 0 Å². The van der Waals surface area contributed by atoms with Crippen molar-refractivity contribution in [2.24, 2.45) is 0 Å². The van der Waals surface area contributed by atoms with Gasteiger partial charge in [0, 0.05) is 48.7 Å². The van der Waals surface area contributed by atoms with Gasteiger partial charge in [0.1, 0.15) is 17.4 Å². The molecule has 1 aliphatic heterocycles. The van der Waals surface area contributed by atoms with Crippen molar-refractivity contribution in [1.82, 2.24) is 19.8 Å². The SMILES string of the molecule is CN(Cc1ccco1)c1nc(CN2CCN(C(c3ccc(Cl)cc3)c3ccc(Cl)cc3)CC2)nc2ccccc12. The molecule has 3 aromatic carbocycles. The first-order chi connectivity index (χ1) is 19.5. The van der Waals surface area contributed by atoms with Crippen LogP contribution in [0.25, 0.3) is 10.9 Å². The molecular formula is C32H31Cl2N5O. The van der Waals surface area contributed by atoms with Crippen LogP contribution in [-0.2, 0) is 13.1 Å². The van der Waals surface area contributed by atoms with E-state index < -0.39 is 0 Å². The molecule has 0 bridgehead atoms. The number of fused-ring (bicyclic) bond motifs is 1. The van der Waals surface area contributed by atoms with Gasteiger partial charge in [0.05, 0.1) is 30.9 Å². The molecule has 0 aliphatic carbocycles. The first-order valence-corrected chi connectivity index (χ1v) is 14.3. The molecule has 0 unspecified atom stereocenters. The van der Waals surface area contributed by atoms with Crippen molar-refractivity contribution in [3.8, 4) is 0 Å². The Bertz CT molecular complexity index is 1500. The first-order valence-electron chi connectivity index (χ1n) is 13.5. The number of anilines is 1. The zero-order valence-electron chi connectivity index (χ0n) is 22.4. The van der Waals surface area contributed by atoms with E-state index in [0.717, 1.165) is 64.5 Å². The second kappa shape index (κ2) is 12.0. The lowest BCUT2D eigenvalue weighted by Gasteiger charge is -2.39. The van der Waals surface area contributed by atoms with Crippen LogP contribution in [0, 0.1) is 0 Å². The van der Waals surface area contributed by atoms with Crippen LogP contribution in [0.3, 0.4) is 0 Å². The highest BCUT2D eigenvalue weighted by Crippen LogP contribution is 2.32. The summed E-state index contributed by atoms with van der Waals surface area (Å²) in [6, 6.07) is 28.6. The van der Waals surface area contributed by atoms with Gasteiger partial charge in [0.25, 0.3) is 0 Å². The molecule has 0 spiro atoms. The summed E-state index contributed by atoms with van der Waals surface area (Å²) in [5.41, 5.74) is 3.41. The lowest BCUT2D eigenvalue weighted by Crippen LogP contribution is -2.47.